The number of esters is 1. The van der Waals surface area contributed by atoms with Crippen molar-refractivity contribution in [1.29, 1.82) is 0 Å². The van der Waals surface area contributed by atoms with Crippen molar-refractivity contribution in [2.75, 3.05) is 6.61 Å². The van der Waals surface area contributed by atoms with Gasteiger partial charge >= 0.3 is 5.97 Å². The standard InChI is InChI=1S/C26H22ClF2NO3/c1-2-32-26(31)16-10-11-30-24(12-16)21-5-3-4-20(21)22-13-18(27)7-9-25(22)33-15-17-6-8-19(28)14-23(17)29/h6-14H,2-5,15H2,1H3. The lowest BCUT2D eigenvalue weighted by molar-refractivity contribution is 0.0526. The highest BCUT2D eigenvalue weighted by atomic mass is 35.5. The summed E-state index contributed by atoms with van der Waals surface area (Å²) in [6.45, 7) is 2.00. The fraction of sp³-hybridized carbons (Fsp3) is 0.231. The molecule has 0 spiro atoms. The van der Waals surface area contributed by atoms with E-state index in [-0.39, 0.29) is 12.2 Å². The van der Waals surface area contributed by atoms with E-state index < -0.39 is 17.6 Å². The summed E-state index contributed by atoms with van der Waals surface area (Å²) in [5.74, 6) is -1.15. The number of aromatic nitrogens is 1. The van der Waals surface area contributed by atoms with Gasteiger partial charge in [0.2, 0.25) is 0 Å². The summed E-state index contributed by atoms with van der Waals surface area (Å²) in [4.78, 5) is 16.7. The maximum absolute atomic E-state index is 14.1. The molecule has 4 nitrogen and oxygen atoms in total. The van der Waals surface area contributed by atoms with E-state index in [1.54, 1.807) is 37.4 Å². The molecule has 1 aromatic heterocycles. The molecule has 0 saturated carbocycles. The lowest BCUT2D eigenvalue weighted by atomic mass is 9.98. The Labute approximate surface area is 195 Å². The summed E-state index contributed by atoms with van der Waals surface area (Å²) in [5.41, 5.74) is 4.20. The second-order valence-corrected chi connectivity index (χ2v) is 8.06. The van der Waals surface area contributed by atoms with Crippen molar-refractivity contribution in [3.05, 3.63) is 93.8 Å². The molecule has 0 unspecified atom stereocenters. The van der Waals surface area contributed by atoms with Gasteiger partial charge < -0.3 is 9.47 Å². The van der Waals surface area contributed by atoms with Crippen LogP contribution in [-0.2, 0) is 11.3 Å². The van der Waals surface area contributed by atoms with Crippen molar-refractivity contribution >= 4 is 28.7 Å². The van der Waals surface area contributed by atoms with Gasteiger partial charge in [-0.1, -0.05) is 11.6 Å². The van der Waals surface area contributed by atoms with Gasteiger partial charge in [-0.3, -0.25) is 4.98 Å². The molecule has 170 valence electrons. The summed E-state index contributed by atoms with van der Waals surface area (Å²) in [6.07, 6.45) is 4.07. The lowest BCUT2D eigenvalue weighted by Crippen LogP contribution is -2.05. The minimum Gasteiger partial charge on any atom is -0.488 e. The highest BCUT2D eigenvalue weighted by Crippen LogP contribution is 2.43. The van der Waals surface area contributed by atoms with Gasteiger partial charge in [-0.2, -0.15) is 0 Å². The fourth-order valence-corrected chi connectivity index (χ4v) is 4.09. The number of carbonyl (C=O) groups excluding carboxylic acids is 1. The molecule has 2 aromatic carbocycles. The van der Waals surface area contributed by atoms with Crippen LogP contribution in [0.3, 0.4) is 0 Å². The van der Waals surface area contributed by atoms with Crippen molar-refractivity contribution < 1.29 is 23.0 Å². The topological polar surface area (TPSA) is 48.4 Å². The van der Waals surface area contributed by atoms with Crippen molar-refractivity contribution in [3.8, 4) is 5.75 Å². The number of hydrogen-bond donors (Lipinski definition) is 0. The zero-order valence-corrected chi connectivity index (χ0v) is 18.8. The Balaban J connectivity index is 1.69. The number of benzene rings is 2. The smallest absolute Gasteiger partial charge is 0.338 e. The Morgan fingerprint density at radius 1 is 1.06 bits per heavy atom. The van der Waals surface area contributed by atoms with E-state index in [9.17, 15) is 13.6 Å². The van der Waals surface area contributed by atoms with Gasteiger partial charge in [0.1, 0.15) is 24.0 Å². The SMILES string of the molecule is CCOC(=O)c1ccnc(C2=C(c3cc(Cl)ccc3OCc3ccc(F)cc3F)CCC2)c1. The predicted octanol–water partition coefficient (Wildman–Crippen LogP) is 6.86. The summed E-state index contributed by atoms with van der Waals surface area (Å²) < 4.78 is 38.3. The molecule has 0 aliphatic heterocycles. The third kappa shape index (κ3) is 5.22. The van der Waals surface area contributed by atoms with Crippen LogP contribution in [0.2, 0.25) is 5.02 Å². The highest BCUT2D eigenvalue weighted by Gasteiger charge is 2.23. The lowest BCUT2D eigenvalue weighted by Gasteiger charge is -2.15. The Hall–Kier alpha value is -3.25. The van der Waals surface area contributed by atoms with Crippen LogP contribution in [0.15, 0.2) is 54.7 Å². The van der Waals surface area contributed by atoms with E-state index in [0.29, 0.717) is 28.6 Å². The monoisotopic (exact) mass is 469 g/mol. The van der Waals surface area contributed by atoms with Crippen LogP contribution in [-0.4, -0.2) is 17.6 Å². The molecule has 0 bridgehead atoms. The molecule has 1 aliphatic carbocycles. The molecule has 1 aliphatic rings. The number of halogens is 3. The molecule has 4 rings (SSSR count). The molecule has 33 heavy (non-hydrogen) atoms. The molecular formula is C26H22ClF2NO3. The number of nitrogens with zero attached hydrogens (tertiary/aromatic N) is 1. The molecule has 1 heterocycles. The summed E-state index contributed by atoms with van der Waals surface area (Å²) in [7, 11) is 0. The maximum atomic E-state index is 14.1. The van der Waals surface area contributed by atoms with Gasteiger partial charge in [0.15, 0.2) is 0 Å². The molecule has 0 atom stereocenters. The first-order valence-corrected chi connectivity index (χ1v) is 11.1. The number of hydrogen-bond acceptors (Lipinski definition) is 4. The Kier molecular flexibility index (Phi) is 7.04. The normalized spacial score (nSPS) is 13.3. The van der Waals surface area contributed by atoms with Crippen LogP contribution >= 0.6 is 11.6 Å². The molecule has 7 heteroatoms. The Morgan fingerprint density at radius 2 is 1.88 bits per heavy atom. The number of carbonyl (C=O) groups is 1. The third-order valence-corrected chi connectivity index (χ3v) is 5.70. The average molecular weight is 470 g/mol. The van der Waals surface area contributed by atoms with E-state index >= 15 is 0 Å². The van der Waals surface area contributed by atoms with Crippen molar-refractivity contribution in [3.63, 3.8) is 0 Å². The fourth-order valence-electron chi connectivity index (χ4n) is 3.92. The average Bonchev–Trinajstić information content (AvgIpc) is 3.29. The van der Waals surface area contributed by atoms with Gasteiger partial charge in [0.25, 0.3) is 0 Å². The Morgan fingerprint density at radius 3 is 2.67 bits per heavy atom. The maximum Gasteiger partial charge on any atom is 0.338 e. The number of pyridine rings is 1. The summed E-state index contributed by atoms with van der Waals surface area (Å²) in [5, 5.41) is 0.539. The van der Waals surface area contributed by atoms with Crippen molar-refractivity contribution in [2.24, 2.45) is 0 Å². The first kappa shape index (κ1) is 22.9. The van der Waals surface area contributed by atoms with Crippen LogP contribution in [0, 0.1) is 11.6 Å². The second kappa shape index (κ2) is 10.1. The summed E-state index contributed by atoms with van der Waals surface area (Å²) in [6, 6.07) is 12.0. The van der Waals surface area contributed by atoms with Crippen LogP contribution in [0.1, 0.15) is 53.4 Å². The van der Waals surface area contributed by atoms with E-state index in [2.05, 4.69) is 4.98 Å². The molecule has 0 radical (unpaired) electrons. The molecule has 0 fully saturated rings. The zero-order valence-electron chi connectivity index (χ0n) is 18.0. The number of allylic oxidation sites excluding steroid dienone is 2. The largest absolute Gasteiger partial charge is 0.488 e. The van der Waals surface area contributed by atoms with Crippen LogP contribution in [0.5, 0.6) is 5.75 Å². The van der Waals surface area contributed by atoms with Gasteiger partial charge in [-0.05, 0) is 79.8 Å². The molecule has 0 saturated heterocycles. The highest BCUT2D eigenvalue weighted by molar-refractivity contribution is 6.30. The second-order valence-electron chi connectivity index (χ2n) is 7.63. The number of ether oxygens (including phenoxy) is 2. The van der Waals surface area contributed by atoms with Gasteiger partial charge in [0, 0.05) is 28.4 Å². The van der Waals surface area contributed by atoms with E-state index in [0.717, 1.165) is 42.0 Å². The molecule has 0 N–H and O–H groups in total. The first-order chi connectivity index (χ1) is 16.0. The van der Waals surface area contributed by atoms with Crippen molar-refractivity contribution in [2.45, 2.75) is 32.8 Å². The van der Waals surface area contributed by atoms with Gasteiger partial charge in [-0.25, -0.2) is 13.6 Å². The third-order valence-electron chi connectivity index (χ3n) is 5.46. The van der Waals surface area contributed by atoms with E-state index in [1.165, 1.54) is 12.1 Å². The zero-order chi connectivity index (χ0) is 23.4. The Bertz CT molecular complexity index is 1230. The quantitative estimate of drug-likeness (QED) is 0.354. The van der Waals surface area contributed by atoms with Gasteiger partial charge in [-0.15, -0.1) is 0 Å². The van der Waals surface area contributed by atoms with Crippen LogP contribution in [0.25, 0.3) is 11.1 Å². The summed E-state index contributed by atoms with van der Waals surface area (Å²) >= 11 is 6.29. The molecule has 0 amide bonds. The van der Waals surface area contributed by atoms with Crippen LogP contribution in [0.4, 0.5) is 8.78 Å². The first-order valence-electron chi connectivity index (χ1n) is 10.7. The van der Waals surface area contributed by atoms with Crippen LogP contribution < -0.4 is 4.74 Å². The minimum absolute atomic E-state index is 0.0556. The molecular weight excluding hydrogens is 448 g/mol. The number of rotatable bonds is 7. The van der Waals surface area contributed by atoms with Gasteiger partial charge in [0.05, 0.1) is 17.9 Å². The van der Waals surface area contributed by atoms with E-state index in [4.69, 9.17) is 21.1 Å². The molecule has 3 aromatic rings. The predicted molar refractivity (Wildman–Crippen MR) is 123 cm³/mol. The van der Waals surface area contributed by atoms with Crippen molar-refractivity contribution in [1.82, 2.24) is 4.98 Å². The minimum atomic E-state index is -0.661. The van der Waals surface area contributed by atoms with E-state index in [1.807, 2.05) is 6.07 Å².